The van der Waals surface area contributed by atoms with E-state index in [4.69, 9.17) is 4.74 Å². The van der Waals surface area contributed by atoms with Crippen LogP contribution < -0.4 is 10.1 Å². The van der Waals surface area contributed by atoms with Crippen LogP contribution in [-0.4, -0.2) is 43.6 Å². The number of rotatable bonds is 5. The Morgan fingerprint density at radius 3 is 2.57 bits per heavy atom. The molecule has 1 heterocycles. The van der Waals surface area contributed by atoms with Crippen molar-refractivity contribution in [3.63, 3.8) is 0 Å². The summed E-state index contributed by atoms with van der Waals surface area (Å²) >= 11 is 0. The summed E-state index contributed by atoms with van der Waals surface area (Å²) in [5.41, 5.74) is 2.52. The Kier molecular flexibility index (Phi) is 6.05. The quantitative estimate of drug-likeness (QED) is 0.907. The molecule has 1 aliphatic rings. The third kappa shape index (κ3) is 4.96. The highest BCUT2D eigenvalue weighted by Gasteiger charge is 2.19. The second-order valence-electron chi connectivity index (χ2n) is 7.14. The zero-order chi connectivity index (χ0) is 16.9. The van der Waals surface area contributed by atoms with E-state index in [1.54, 1.807) is 0 Å². The van der Waals surface area contributed by atoms with Crippen molar-refractivity contribution < 1.29 is 9.53 Å². The highest BCUT2D eigenvalue weighted by atomic mass is 16.5. The molecule has 4 nitrogen and oxygen atoms in total. The number of amides is 1. The lowest BCUT2D eigenvalue weighted by Gasteiger charge is -2.27. The molecule has 1 N–H and O–H groups in total. The van der Waals surface area contributed by atoms with Crippen molar-refractivity contribution in [2.45, 2.75) is 46.0 Å². The molecular weight excluding hydrogens is 288 g/mol. The Bertz CT molecular complexity index is 529. The van der Waals surface area contributed by atoms with Gasteiger partial charge in [0.25, 0.3) is 0 Å². The fourth-order valence-corrected chi connectivity index (χ4v) is 2.85. The van der Waals surface area contributed by atoms with Crippen molar-refractivity contribution in [2.75, 3.05) is 32.8 Å². The molecule has 23 heavy (non-hydrogen) atoms. The lowest BCUT2D eigenvalue weighted by Crippen LogP contribution is -2.46. The molecule has 1 saturated heterocycles. The van der Waals surface area contributed by atoms with Gasteiger partial charge in [-0.1, -0.05) is 32.9 Å². The standard InChI is InChI=1S/C19H30N2O2/c1-5-23-17-8-7-16(19(2,3)4)14-15(17)6-9-18(22)21-12-10-20-11-13-21/h7-8,14,20H,5-6,9-13H2,1-4H3. The third-order valence-corrected chi connectivity index (χ3v) is 4.30. The number of nitrogens with zero attached hydrogens (tertiary/aromatic N) is 1. The van der Waals surface area contributed by atoms with Gasteiger partial charge >= 0.3 is 0 Å². The summed E-state index contributed by atoms with van der Waals surface area (Å²) in [6.07, 6.45) is 1.29. The largest absolute Gasteiger partial charge is 0.494 e. The maximum absolute atomic E-state index is 12.4. The maximum atomic E-state index is 12.4. The molecule has 4 heteroatoms. The Labute approximate surface area is 140 Å². The van der Waals surface area contributed by atoms with Crippen LogP contribution in [-0.2, 0) is 16.6 Å². The number of hydrogen-bond donors (Lipinski definition) is 1. The minimum Gasteiger partial charge on any atom is -0.494 e. The van der Waals surface area contributed by atoms with E-state index in [1.165, 1.54) is 5.56 Å². The van der Waals surface area contributed by atoms with E-state index in [2.05, 4.69) is 44.3 Å². The highest BCUT2D eigenvalue weighted by Crippen LogP contribution is 2.29. The van der Waals surface area contributed by atoms with Gasteiger partial charge in [0.2, 0.25) is 5.91 Å². The molecule has 0 unspecified atom stereocenters. The average Bonchev–Trinajstić information content (AvgIpc) is 2.53. The van der Waals surface area contributed by atoms with E-state index < -0.39 is 0 Å². The second-order valence-corrected chi connectivity index (χ2v) is 7.14. The van der Waals surface area contributed by atoms with Gasteiger partial charge in [-0.25, -0.2) is 0 Å². The van der Waals surface area contributed by atoms with E-state index in [9.17, 15) is 4.79 Å². The van der Waals surface area contributed by atoms with Crippen LogP contribution in [0.3, 0.4) is 0 Å². The van der Waals surface area contributed by atoms with Crippen molar-refractivity contribution in [3.8, 4) is 5.75 Å². The van der Waals surface area contributed by atoms with E-state index in [0.29, 0.717) is 13.0 Å². The first kappa shape index (κ1) is 17.8. The smallest absolute Gasteiger partial charge is 0.222 e. The minimum absolute atomic E-state index is 0.0992. The van der Waals surface area contributed by atoms with Gasteiger partial charge in [0.05, 0.1) is 6.61 Å². The van der Waals surface area contributed by atoms with Gasteiger partial charge in [-0.3, -0.25) is 4.79 Å². The zero-order valence-electron chi connectivity index (χ0n) is 14.9. The van der Waals surface area contributed by atoms with E-state index in [1.807, 2.05) is 11.8 Å². The fraction of sp³-hybridized carbons (Fsp3) is 0.632. The Hall–Kier alpha value is -1.55. The Balaban J connectivity index is 2.08. The number of carbonyl (C=O) groups is 1. The van der Waals surface area contributed by atoms with Gasteiger partial charge in [-0.05, 0) is 36.0 Å². The molecule has 1 amide bonds. The zero-order valence-corrected chi connectivity index (χ0v) is 14.9. The first-order valence-electron chi connectivity index (χ1n) is 8.66. The SMILES string of the molecule is CCOc1ccc(C(C)(C)C)cc1CCC(=O)N1CCNCC1. The summed E-state index contributed by atoms with van der Waals surface area (Å²) in [4.78, 5) is 14.3. The topological polar surface area (TPSA) is 41.6 Å². The summed E-state index contributed by atoms with van der Waals surface area (Å²) in [6, 6.07) is 6.39. The van der Waals surface area contributed by atoms with Crippen molar-refractivity contribution in [3.05, 3.63) is 29.3 Å². The minimum atomic E-state index is 0.0992. The number of ether oxygens (including phenoxy) is 1. The molecule has 0 bridgehead atoms. The van der Waals surface area contributed by atoms with Gasteiger partial charge in [-0.15, -0.1) is 0 Å². The molecular formula is C19H30N2O2. The van der Waals surface area contributed by atoms with Gasteiger partial charge in [-0.2, -0.15) is 0 Å². The van der Waals surface area contributed by atoms with Crippen molar-refractivity contribution in [1.82, 2.24) is 10.2 Å². The van der Waals surface area contributed by atoms with E-state index >= 15 is 0 Å². The van der Waals surface area contributed by atoms with Gasteiger partial charge in [0.1, 0.15) is 5.75 Å². The number of nitrogens with one attached hydrogen (secondary N) is 1. The summed E-state index contributed by atoms with van der Waals surface area (Å²) in [5.74, 6) is 1.16. The van der Waals surface area contributed by atoms with E-state index in [0.717, 1.165) is 43.9 Å². The predicted molar refractivity (Wildman–Crippen MR) is 94.1 cm³/mol. The van der Waals surface area contributed by atoms with Crippen LogP contribution in [0.15, 0.2) is 18.2 Å². The number of hydrogen-bond acceptors (Lipinski definition) is 3. The van der Waals surface area contributed by atoms with Crippen LogP contribution in [0.4, 0.5) is 0 Å². The van der Waals surface area contributed by atoms with E-state index in [-0.39, 0.29) is 11.3 Å². The molecule has 2 rings (SSSR count). The normalized spacial score (nSPS) is 15.6. The second kappa shape index (κ2) is 7.82. The van der Waals surface area contributed by atoms with Gasteiger partial charge in [0, 0.05) is 32.6 Å². The summed E-state index contributed by atoms with van der Waals surface area (Å²) in [7, 11) is 0. The molecule has 0 atom stereocenters. The monoisotopic (exact) mass is 318 g/mol. The number of aryl methyl sites for hydroxylation is 1. The molecule has 1 fully saturated rings. The van der Waals surface area contributed by atoms with Gasteiger partial charge in [0.15, 0.2) is 0 Å². The molecule has 128 valence electrons. The molecule has 0 saturated carbocycles. The molecule has 1 aromatic rings. The maximum Gasteiger partial charge on any atom is 0.222 e. The lowest BCUT2D eigenvalue weighted by molar-refractivity contribution is -0.131. The summed E-state index contributed by atoms with van der Waals surface area (Å²) < 4.78 is 5.75. The summed E-state index contributed by atoms with van der Waals surface area (Å²) in [5, 5.41) is 3.28. The highest BCUT2D eigenvalue weighted by molar-refractivity contribution is 5.76. The van der Waals surface area contributed by atoms with Gasteiger partial charge < -0.3 is 15.0 Å². The van der Waals surface area contributed by atoms with Crippen LogP contribution in [0.5, 0.6) is 5.75 Å². The molecule has 0 spiro atoms. The lowest BCUT2D eigenvalue weighted by atomic mass is 9.85. The third-order valence-electron chi connectivity index (χ3n) is 4.30. The van der Waals surface area contributed by atoms with Crippen LogP contribution >= 0.6 is 0 Å². The van der Waals surface area contributed by atoms with Crippen LogP contribution in [0, 0.1) is 0 Å². The average molecular weight is 318 g/mol. The molecule has 0 aliphatic carbocycles. The molecule has 1 aliphatic heterocycles. The Morgan fingerprint density at radius 2 is 1.96 bits per heavy atom. The molecule has 0 radical (unpaired) electrons. The fourth-order valence-electron chi connectivity index (χ4n) is 2.85. The van der Waals surface area contributed by atoms with Crippen LogP contribution in [0.25, 0.3) is 0 Å². The molecule has 1 aromatic carbocycles. The van der Waals surface area contributed by atoms with Crippen molar-refractivity contribution in [1.29, 1.82) is 0 Å². The first-order chi connectivity index (χ1) is 10.9. The number of benzene rings is 1. The van der Waals surface area contributed by atoms with Crippen molar-refractivity contribution >= 4 is 5.91 Å². The molecule has 0 aromatic heterocycles. The number of carbonyl (C=O) groups excluding carboxylic acids is 1. The van der Waals surface area contributed by atoms with Crippen molar-refractivity contribution in [2.24, 2.45) is 0 Å². The van der Waals surface area contributed by atoms with Crippen LogP contribution in [0.2, 0.25) is 0 Å². The Morgan fingerprint density at radius 1 is 1.26 bits per heavy atom. The summed E-state index contributed by atoms with van der Waals surface area (Å²) in [6.45, 7) is 12.7. The van der Waals surface area contributed by atoms with Crippen LogP contribution in [0.1, 0.15) is 45.2 Å². The number of piperazine rings is 1. The predicted octanol–water partition coefficient (Wildman–Crippen LogP) is 2.75. The first-order valence-corrected chi connectivity index (χ1v) is 8.66.